The van der Waals surface area contributed by atoms with E-state index in [0.29, 0.717) is 5.56 Å². The molecule has 0 spiro atoms. The molecule has 5 heteroatoms. The van der Waals surface area contributed by atoms with Crippen LogP contribution in [0, 0.1) is 0 Å². The molecule has 1 aromatic heterocycles. The molecule has 0 bridgehead atoms. The monoisotopic (exact) mass is 153 g/mol. The predicted molar refractivity (Wildman–Crippen MR) is 36.6 cm³/mol. The number of nitrogens with zero attached hydrogens (tertiary/aromatic N) is 2. The lowest BCUT2D eigenvalue weighted by atomic mass is 10.2. The molecular weight excluding hydrogens is 146 g/mol. The van der Waals surface area contributed by atoms with Gasteiger partial charge < -0.3 is 10.8 Å². The second-order valence-electron chi connectivity index (χ2n) is 1.99. The Labute approximate surface area is 62.9 Å². The van der Waals surface area contributed by atoms with Gasteiger partial charge in [0.15, 0.2) is 0 Å². The van der Waals surface area contributed by atoms with Crippen LogP contribution in [0.25, 0.3) is 0 Å². The molecule has 5 nitrogen and oxygen atoms in total. The highest BCUT2D eigenvalue weighted by atomic mass is 16.4. The molecule has 1 rings (SSSR count). The zero-order valence-electron chi connectivity index (χ0n) is 5.64. The molecule has 0 unspecified atom stereocenters. The summed E-state index contributed by atoms with van der Waals surface area (Å²) in [6.07, 6.45) is 4.08. The van der Waals surface area contributed by atoms with Gasteiger partial charge >= 0.3 is 5.97 Å². The van der Waals surface area contributed by atoms with Crippen LogP contribution in [-0.2, 0) is 4.79 Å². The standard InChI is InChI=1S/C6H7N3O2/c7-5(6(10)11)4-1-8-3-9-2-4/h1-3,5H,7H2,(H,10,11)/t5-/m0/s1. The summed E-state index contributed by atoms with van der Waals surface area (Å²) >= 11 is 0. The van der Waals surface area contributed by atoms with Crippen molar-refractivity contribution in [2.75, 3.05) is 0 Å². The van der Waals surface area contributed by atoms with Crippen molar-refractivity contribution in [3.8, 4) is 0 Å². The van der Waals surface area contributed by atoms with Crippen molar-refractivity contribution < 1.29 is 9.90 Å². The molecule has 0 saturated heterocycles. The van der Waals surface area contributed by atoms with Crippen molar-refractivity contribution in [1.29, 1.82) is 0 Å². The normalized spacial score (nSPS) is 12.5. The van der Waals surface area contributed by atoms with Crippen molar-refractivity contribution >= 4 is 5.97 Å². The van der Waals surface area contributed by atoms with E-state index in [9.17, 15) is 4.79 Å². The molecule has 1 atom stereocenters. The summed E-state index contributed by atoms with van der Waals surface area (Å²) in [5, 5.41) is 8.45. The lowest BCUT2D eigenvalue weighted by Gasteiger charge is -2.03. The third kappa shape index (κ3) is 1.71. The molecule has 3 N–H and O–H groups in total. The molecule has 0 aromatic carbocycles. The average Bonchev–Trinajstić information content (AvgIpc) is 2.05. The van der Waals surface area contributed by atoms with Gasteiger partial charge in [0.1, 0.15) is 12.4 Å². The zero-order valence-corrected chi connectivity index (χ0v) is 5.64. The van der Waals surface area contributed by atoms with Gasteiger partial charge in [0.2, 0.25) is 0 Å². The molecular formula is C6H7N3O2. The molecule has 0 aliphatic carbocycles. The maximum absolute atomic E-state index is 10.3. The van der Waals surface area contributed by atoms with E-state index in [1.54, 1.807) is 0 Å². The highest BCUT2D eigenvalue weighted by molar-refractivity contribution is 5.74. The van der Waals surface area contributed by atoms with Crippen LogP contribution in [-0.4, -0.2) is 21.0 Å². The molecule has 0 aliphatic rings. The number of carbonyl (C=O) groups is 1. The first kappa shape index (κ1) is 7.62. The predicted octanol–water partition coefficient (Wildman–Crippen LogP) is -0.439. The Kier molecular flexibility index (Phi) is 2.12. The molecule has 58 valence electrons. The van der Waals surface area contributed by atoms with E-state index in [2.05, 4.69) is 9.97 Å². The van der Waals surface area contributed by atoms with Gasteiger partial charge in [0, 0.05) is 18.0 Å². The van der Waals surface area contributed by atoms with Crippen molar-refractivity contribution in [2.24, 2.45) is 5.73 Å². The fourth-order valence-electron chi connectivity index (χ4n) is 0.614. The molecule has 1 aromatic rings. The highest BCUT2D eigenvalue weighted by Gasteiger charge is 2.13. The minimum absolute atomic E-state index is 0.403. The van der Waals surface area contributed by atoms with Crippen molar-refractivity contribution in [3.05, 3.63) is 24.3 Å². The average molecular weight is 153 g/mol. The number of aliphatic carboxylic acids is 1. The van der Waals surface area contributed by atoms with Crippen LogP contribution in [0.3, 0.4) is 0 Å². The first-order valence-electron chi connectivity index (χ1n) is 2.95. The number of hydrogen-bond acceptors (Lipinski definition) is 4. The van der Waals surface area contributed by atoms with E-state index in [1.165, 1.54) is 18.7 Å². The van der Waals surface area contributed by atoms with Gasteiger partial charge in [-0.05, 0) is 0 Å². The quantitative estimate of drug-likeness (QED) is 0.601. The Morgan fingerprint density at radius 2 is 2.09 bits per heavy atom. The van der Waals surface area contributed by atoms with Crippen LogP contribution in [0.5, 0.6) is 0 Å². The zero-order chi connectivity index (χ0) is 8.27. The molecule has 11 heavy (non-hydrogen) atoms. The maximum atomic E-state index is 10.3. The largest absolute Gasteiger partial charge is 0.480 e. The number of carboxylic acid groups (broad SMARTS) is 1. The van der Waals surface area contributed by atoms with Crippen molar-refractivity contribution in [1.82, 2.24) is 9.97 Å². The van der Waals surface area contributed by atoms with Gasteiger partial charge in [0.05, 0.1) is 0 Å². The topological polar surface area (TPSA) is 89.1 Å². The fourth-order valence-corrected chi connectivity index (χ4v) is 0.614. The number of rotatable bonds is 2. The molecule has 0 amide bonds. The van der Waals surface area contributed by atoms with Crippen molar-refractivity contribution in [3.63, 3.8) is 0 Å². The lowest BCUT2D eigenvalue weighted by molar-refractivity contribution is -0.138. The van der Waals surface area contributed by atoms with Gasteiger partial charge in [-0.1, -0.05) is 0 Å². The van der Waals surface area contributed by atoms with Gasteiger partial charge in [0.25, 0.3) is 0 Å². The van der Waals surface area contributed by atoms with Crippen LogP contribution in [0.2, 0.25) is 0 Å². The Morgan fingerprint density at radius 1 is 1.55 bits per heavy atom. The maximum Gasteiger partial charge on any atom is 0.325 e. The fraction of sp³-hybridized carbons (Fsp3) is 0.167. The van der Waals surface area contributed by atoms with Crippen molar-refractivity contribution in [2.45, 2.75) is 6.04 Å². The molecule has 0 aliphatic heterocycles. The summed E-state index contributed by atoms with van der Waals surface area (Å²) in [6, 6.07) is -1.03. The molecule has 0 saturated carbocycles. The van der Waals surface area contributed by atoms with Gasteiger partial charge in [-0.25, -0.2) is 9.97 Å². The van der Waals surface area contributed by atoms with Crippen LogP contribution < -0.4 is 5.73 Å². The number of carboxylic acids is 1. The van der Waals surface area contributed by atoms with Crippen LogP contribution >= 0.6 is 0 Å². The first-order chi connectivity index (χ1) is 5.22. The summed E-state index contributed by atoms with van der Waals surface area (Å²) < 4.78 is 0. The minimum atomic E-state index is -1.08. The van der Waals surface area contributed by atoms with Gasteiger partial charge in [-0.15, -0.1) is 0 Å². The van der Waals surface area contributed by atoms with E-state index in [4.69, 9.17) is 10.8 Å². The first-order valence-corrected chi connectivity index (χ1v) is 2.95. The Hall–Kier alpha value is -1.49. The number of hydrogen-bond donors (Lipinski definition) is 2. The molecule has 0 radical (unpaired) electrons. The van der Waals surface area contributed by atoms with E-state index in [1.807, 2.05) is 0 Å². The highest BCUT2D eigenvalue weighted by Crippen LogP contribution is 2.05. The summed E-state index contributed by atoms with van der Waals surface area (Å²) in [4.78, 5) is 17.6. The minimum Gasteiger partial charge on any atom is -0.480 e. The van der Waals surface area contributed by atoms with Crippen LogP contribution in [0.15, 0.2) is 18.7 Å². The summed E-state index contributed by atoms with van der Waals surface area (Å²) in [5.74, 6) is -1.08. The second kappa shape index (κ2) is 3.07. The number of aromatic nitrogens is 2. The van der Waals surface area contributed by atoms with Crippen LogP contribution in [0.1, 0.15) is 11.6 Å². The Balaban J connectivity index is 2.85. The van der Waals surface area contributed by atoms with E-state index in [-0.39, 0.29) is 0 Å². The summed E-state index contributed by atoms with van der Waals surface area (Å²) in [5.41, 5.74) is 5.66. The second-order valence-corrected chi connectivity index (χ2v) is 1.99. The van der Waals surface area contributed by atoms with Gasteiger partial charge in [-0.3, -0.25) is 4.79 Å². The third-order valence-corrected chi connectivity index (χ3v) is 1.21. The SMILES string of the molecule is N[C@H](C(=O)O)c1cncnc1. The Bertz CT molecular complexity index is 249. The van der Waals surface area contributed by atoms with Gasteiger partial charge in [-0.2, -0.15) is 0 Å². The summed E-state index contributed by atoms with van der Waals surface area (Å²) in [6.45, 7) is 0. The third-order valence-electron chi connectivity index (χ3n) is 1.21. The summed E-state index contributed by atoms with van der Waals surface area (Å²) in [7, 11) is 0. The van der Waals surface area contributed by atoms with E-state index < -0.39 is 12.0 Å². The smallest absolute Gasteiger partial charge is 0.325 e. The van der Waals surface area contributed by atoms with Crippen LogP contribution in [0.4, 0.5) is 0 Å². The molecule has 1 heterocycles. The van der Waals surface area contributed by atoms with E-state index >= 15 is 0 Å². The lowest BCUT2D eigenvalue weighted by Crippen LogP contribution is -2.20. The van der Waals surface area contributed by atoms with E-state index in [0.717, 1.165) is 0 Å². The molecule has 0 fully saturated rings. The number of nitrogens with two attached hydrogens (primary N) is 1. The Morgan fingerprint density at radius 3 is 2.55 bits per heavy atom.